The van der Waals surface area contributed by atoms with Crippen molar-refractivity contribution in [1.82, 2.24) is 0 Å². The molecule has 1 aromatic carbocycles. The molecule has 0 aromatic heterocycles. The van der Waals surface area contributed by atoms with Gasteiger partial charge in [-0.05, 0) is 31.4 Å². The summed E-state index contributed by atoms with van der Waals surface area (Å²) in [5.74, 6) is 1.39. The van der Waals surface area contributed by atoms with Crippen LogP contribution in [-0.4, -0.2) is 18.6 Å². The third-order valence-electron chi connectivity index (χ3n) is 3.48. The Morgan fingerprint density at radius 2 is 2.18 bits per heavy atom. The van der Waals surface area contributed by atoms with Gasteiger partial charge in [-0.25, -0.2) is 0 Å². The Morgan fingerprint density at radius 1 is 1.41 bits per heavy atom. The van der Waals surface area contributed by atoms with Crippen molar-refractivity contribution in [3.8, 4) is 5.75 Å². The molecule has 1 saturated carbocycles. The van der Waals surface area contributed by atoms with Gasteiger partial charge in [-0.3, -0.25) is 4.79 Å². The van der Waals surface area contributed by atoms with Crippen LogP contribution in [0.15, 0.2) is 24.3 Å². The summed E-state index contributed by atoms with van der Waals surface area (Å²) in [5.41, 5.74) is 0.939. The second kappa shape index (κ2) is 4.06. The van der Waals surface area contributed by atoms with Crippen molar-refractivity contribution in [2.24, 2.45) is 5.92 Å². The molecule has 3 nitrogen and oxygen atoms in total. The van der Waals surface area contributed by atoms with Gasteiger partial charge in [0.1, 0.15) is 11.9 Å². The van der Waals surface area contributed by atoms with Gasteiger partial charge in [-0.1, -0.05) is 19.1 Å². The SMILES string of the molecule is CCC1CN(C(=O)C2CC2)c2ccccc2O1. The Labute approximate surface area is 101 Å². The van der Waals surface area contributed by atoms with E-state index in [1.807, 2.05) is 29.2 Å². The molecular formula is C14H17NO2. The van der Waals surface area contributed by atoms with Gasteiger partial charge in [0.15, 0.2) is 0 Å². The minimum Gasteiger partial charge on any atom is -0.486 e. The lowest BCUT2D eigenvalue weighted by molar-refractivity contribution is -0.120. The first-order valence-electron chi connectivity index (χ1n) is 6.36. The molecule has 1 aliphatic heterocycles. The first-order chi connectivity index (χ1) is 8.29. The molecule has 3 heteroatoms. The number of fused-ring (bicyclic) bond motifs is 1. The monoisotopic (exact) mass is 231 g/mol. The quantitative estimate of drug-likeness (QED) is 0.783. The summed E-state index contributed by atoms with van der Waals surface area (Å²) in [6, 6.07) is 7.84. The number of para-hydroxylation sites is 2. The Balaban J connectivity index is 1.93. The Kier molecular flexibility index (Phi) is 2.54. The second-order valence-electron chi connectivity index (χ2n) is 4.84. The molecule has 0 radical (unpaired) electrons. The molecule has 1 heterocycles. The van der Waals surface area contributed by atoms with Crippen LogP contribution < -0.4 is 9.64 Å². The molecule has 2 aliphatic rings. The predicted octanol–water partition coefficient (Wildman–Crippen LogP) is 2.60. The second-order valence-corrected chi connectivity index (χ2v) is 4.84. The van der Waals surface area contributed by atoms with Crippen molar-refractivity contribution in [1.29, 1.82) is 0 Å². The van der Waals surface area contributed by atoms with Crippen molar-refractivity contribution < 1.29 is 9.53 Å². The van der Waals surface area contributed by atoms with Crippen molar-refractivity contribution in [3.63, 3.8) is 0 Å². The van der Waals surface area contributed by atoms with E-state index in [4.69, 9.17) is 4.74 Å². The molecule has 1 unspecified atom stereocenters. The summed E-state index contributed by atoms with van der Waals surface area (Å²) >= 11 is 0. The zero-order valence-electron chi connectivity index (χ0n) is 10.1. The fourth-order valence-electron chi connectivity index (χ4n) is 2.27. The lowest BCUT2D eigenvalue weighted by Crippen LogP contribution is -2.44. The highest BCUT2D eigenvalue weighted by Gasteiger charge is 2.37. The lowest BCUT2D eigenvalue weighted by Gasteiger charge is -2.34. The maximum atomic E-state index is 12.3. The molecule has 17 heavy (non-hydrogen) atoms. The molecule has 1 amide bonds. The van der Waals surface area contributed by atoms with Gasteiger partial charge in [0, 0.05) is 5.92 Å². The Bertz CT molecular complexity index is 440. The maximum absolute atomic E-state index is 12.3. The van der Waals surface area contributed by atoms with Crippen LogP contribution in [0.5, 0.6) is 5.75 Å². The Morgan fingerprint density at radius 3 is 2.88 bits per heavy atom. The molecule has 0 bridgehead atoms. The standard InChI is InChI=1S/C14H17NO2/c1-2-11-9-15(14(16)10-7-8-10)12-5-3-4-6-13(12)17-11/h3-6,10-11H,2,7-9H2,1H3. The highest BCUT2D eigenvalue weighted by Crippen LogP contribution is 2.38. The predicted molar refractivity (Wildman–Crippen MR) is 66.2 cm³/mol. The Hall–Kier alpha value is -1.51. The van der Waals surface area contributed by atoms with Crippen LogP contribution in [0.4, 0.5) is 5.69 Å². The lowest BCUT2D eigenvalue weighted by atomic mass is 10.1. The number of carbonyl (C=O) groups is 1. The van der Waals surface area contributed by atoms with Crippen LogP contribution in [0.2, 0.25) is 0 Å². The molecule has 1 atom stereocenters. The number of rotatable bonds is 2. The third-order valence-corrected chi connectivity index (χ3v) is 3.48. The van der Waals surface area contributed by atoms with Gasteiger partial charge in [0.2, 0.25) is 5.91 Å². The van der Waals surface area contributed by atoms with Crippen LogP contribution in [0, 0.1) is 5.92 Å². The van der Waals surface area contributed by atoms with Crippen LogP contribution in [-0.2, 0) is 4.79 Å². The third kappa shape index (κ3) is 1.90. The van der Waals surface area contributed by atoms with E-state index in [9.17, 15) is 4.79 Å². The van der Waals surface area contributed by atoms with E-state index in [0.29, 0.717) is 6.54 Å². The number of hydrogen-bond donors (Lipinski definition) is 0. The van der Waals surface area contributed by atoms with E-state index >= 15 is 0 Å². The van der Waals surface area contributed by atoms with Crippen LogP contribution in [0.1, 0.15) is 26.2 Å². The molecule has 3 rings (SSSR count). The average molecular weight is 231 g/mol. The maximum Gasteiger partial charge on any atom is 0.230 e. The normalized spacial score (nSPS) is 22.9. The minimum atomic E-state index is 0.132. The molecule has 0 saturated heterocycles. The summed E-state index contributed by atoms with van der Waals surface area (Å²) in [5, 5.41) is 0. The fraction of sp³-hybridized carbons (Fsp3) is 0.500. The van der Waals surface area contributed by atoms with Gasteiger partial charge in [-0.2, -0.15) is 0 Å². The van der Waals surface area contributed by atoms with Gasteiger partial charge in [0.25, 0.3) is 0 Å². The van der Waals surface area contributed by atoms with E-state index in [-0.39, 0.29) is 17.9 Å². The van der Waals surface area contributed by atoms with E-state index in [0.717, 1.165) is 30.7 Å². The summed E-state index contributed by atoms with van der Waals surface area (Å²) < 4.78 is 5.87. The number of ether oxygens (including phenoxy) is 1. The van der Waals surface area contributed by atoms with Crippen LogP contribution in [0.25, 0.3) is 0 Å². The number of anilines is 1. The topological polar surface area (TPSA) is 29.5 Å². The molecule has 90 valence electrons. The summed E-state index contributed by atoms with van der Waals surface area (Å²) in [7, 11) is 0. The van der Waals surface area contributed by atoms with Gasteiger partial charge in [0.05, 0.1) is 12.2 Å². The first-order valence-corrected chi connectivity index (χ1v) is 6.36. The van der Waals surface area contributed by atoms with E-state index in [2.05, 4.69) is 6.92 Å². The zero-order chi connectivity index (χ0) is 11.8. The molecule has 1 aliphatic carbocycles. The summed E-state index contributed by atoms with van der Waals surface area (Å²) in [6.45, 7) is 2.79. The van der Waals surface area contributed by atoms with Gasteiger partial charge < -0.3 is 9.64 Å². The zero-order valence-corrected chi connectivity index (χ0v) is 10.1. The highest BCUT2D eigenvalue weighted by molar-refractivity contribution is 5.98. The highest BCUT2D eigenvalue weighted by atomic mass is 16.5. The molecule has 0 spiro atoms. The van der Waals surface area contributed by atoms with Crippen LogP contribution in [0.3, 0.4) is 0 Å². The van der Waals surface area contributed by atoms with Crippen molar-refractivity contribution in [2.75, 3.05) is 11.4 Å². The van der Waals surface area contributed by atoms with Gasteiger partial charge in [-0.15, -0.1) is 0 Å². The van der Waals surface area contributed by atoms with E-state index in [1.165, 1.54) is 0 Å². The molecule has 0 N–H and O–H groups in total. The van der Waals surface area contributed by atoms with Crippen molar-refractivity contribution >= 4 is 11.6 Å². The van der Waals surface area contributed by atoms with Crippen molar-refractivity contribution in [3.05, 3.63) is 24.3 Å². The van der Waals surface area contributed by atoms with E-state index < -0.39 is 0 Å². The number of benzene rings is 1. The summed E-state index contributed by atoms with van der Waals surface area (Å²) in [4.78, 5) is 14.2. The summed E-state index contributed by atoms with van der Waals surface area (Å²) in [6.07, 6.45) is 3.17. The van der Waals surface area contributed by atoms with Crippen LogP contribution >= 0.6 is 0 Å². The number of carbonyl (C=O) groups excluding carboxylic acids is 1. The largest absolute Gasteiger partial charge is 0.486 e. The van der Waals surface area contributed by atoms with Gasteiger partial charge >= 0.3 is 0 Å². The molecule has 1 fully saturated rings. The fourth-order valence-corrected chi connectivity index (χ4v) is 2.27. The number of amides is 1. The van der Waals surface area contributed by atoms with E-state index in [1.54, 1.807) is 0 Å². The first kappa shape index (κ1) is 10.6. The minimum absolute atomic E-state index is 0.132. The smallest absolute Gasteiger partial charge is 0.230 e. The molecular weight excluding hydrogens is 214 g/mol. The number of nitrogens with zero attached hydrogens (tertiary/aromatic N) is 1. The number of hydrogen-bond acceptors (Lipinski definition) is 2. The molecule has 1 aromatic rings. The average Bonchev–Trinajstić information content (AvgIpc) is 3.21. The van der Waals surface area contributed by atoms with Crippen molar-refractivity contribution in [2.45, 2.75) is 32.3 Å².